The first kappa shape index (κ1) is 21.9. The first-order valence-electron chi connectivity index (χ1n) is 9.76. The maximum Gasteiger partial charge on any atom is 0.338 e. The Morgan fingerprint density at radius 1 is 1.13 bits per heavy atom. The molecule has 3 rings (SSSR count). The number of nitrogens with one attached hydrogen (secondary N) is 2. The van der Waals surface area contributed by atoms with Gasteiger partial charge in [0.25, 0.3) is 0 Å². The molecule has 0 spiro atoms. The Morgan fingerprint density at radius 2 is 1.83 bits per heavy atom. The van der Waals surface area contributed by atoms with E-state index in [-0.39, 0.29) is 11.9 Å². The lowest BCUT2D eigenvalue weighted by Gasteiger charge is -2.29. The zero-order chi connectivity index (χ0) is 21.7. The summed E-state index contributed by atoms with van der Waals surface area (Å²) in [6.07, 6.45) is 0. The summed E-state index contributed by atoms with van der Waals surface area (Å²) in [5.41, 5.74) is 2.54. The molecule has 158 valence electrons. The van der Waals surface area contributed by atoms with Crippen LogP contribution in [-0.2, 0) is 16.1 Å². The van der Waals surface area contributed by atoms with E-state index in [2.05, 4.69) is 26.6 Å². The lowest BCUT2D eigenvalue weighted by Crippen LogP contribution is -2.45. The van der Waals surface area contributed by atoms with Crippen LogP contribution in [0.15, 0.2) is 64.3 Å². The van der Waals surface area contributed by atoms with Gasteiger partial charge >= 0.3 is 12.0 Å². The highest BCUT2D eigenvalue weighted by Gasteiger charge is 2.34. The molecular weight excluding hydrogens is 448 g/mol. The number of hydrogen-bond acceptors (Lipinski definition) is 4. The van der Waals surface area contributed by atoms with E-state index in [1.54, 1.807) is 6.92 Å². The van der Waals surface area contributed by atoms with Gasteiger partial charge in [-0.3, -0.25) is 0 Å². The van der Waals surface area contributed by atoms with Crippen molar-refractivity contribution in [3.8, 4) is 5.75 Å². The molecule has 7 heteroatoms. The van der Waals surface area contributed by atoms with Crippen LogP contribution < -0.4 is 15.4 Å². The summed E-state index contributed by atoms with van der Waals surface area (Å²) in [6.45, 7) is 6.30. The number of benzene rings is 2. The lowest BCUT2D eigenvalue weighted by atomic mass is 9.95. The van der Waals surface area contributed by atoms with Crippen LogP contribution in [0, 0.1) is 5.92 Å². The highest BCUT2D eigenvalue weighted by atomic mass is 79.9. The van der Waals surface area contributed by atoms with Crippen LogP contribution in [-0.4, -0.2) is 18.6 Å². The van der Waals surface area contributed by atoms with Crippen LogP contribution in [0.25, 0.3) is 0 Å². The van der Waals surface area contributed by atoms with Gasteiger partial charge in [-0.05, 0) is 36.6 Å². The molecule has 0 saturated carbocycles. The quantitative estimate of drug-likeness (QED) is 0.564. The summed E-state index contributed by atoms with van der Waals surface area (Å²) in [4.78, 5) is 25.0. The number of para-hydroxylation sites is 1. The number of hydrogen-bond donors (Lipinski definition) is 2. The van der Waals surface area contributed by atoms with Crippen LogP contribution in [0.2, 0.25) is 0 Å². The van der Waals surface area contributed by atoms with E-state index in [1.165, 1.54) is 0 Å². The summed E-state index contributed by atoms with van der Waals surface area (Å²) < 4.78 is 12.5. The van der Waals surface area contributed by atoms with E-state index in [0.29, 0.717) is 35.8 Å². The highest BCUT2D eigenvalue weighted by Crippen LogP contribution is 2.34. The molecule has 2 aromatic rings. The second kappa shape index (κ2) is 9.80. The van der Waals surface area contributed by atoms with E-state index in [9.17, 15) is 9.59 Å². The van der Waals surface area contributed by atoms with Crippen molar-refractivity contribution < 1.29 is 19.1 Å². The van der Waals surface area contributed by atoms with Crippen molar-refractivity contribution in [1.82, 2.24) is 10.6 Å². The predicted molar refractivity (Wildman–Crippen MR) is 118 cm³/mol. The molecule has 1 unspecified atom stereocenters. The van der Waals surface area contributed by atoms with Gasteiger partial charge in [0.05, 0.1) is 18.2 Å². The van der Waals surface area contributed by atoms with Gasteiger partial charge < -0.3 is 20.1 Å². The third kappa shape index (κ3) is 5.42. The van der Waals surface area contributed by atoms with Crippen molar-refractivity contribution in [2.75, 3.05) is 6.61 Å². The second-order valence-corrected chi connectivity index (χ2v) is 8.43. The zero-order valence-corrected chi connectivity index (χ0v) is 18.8. The van der Waals surface area contributed by atoms with Crippen molar-refractivity contribution in [3.63, 3.8) is 0 Å². The van der Waals surface area contributed by atoms with E-state index in [1.807, 2.05) is 62.4 Å². The van der Waals surface area contributed by atoms with E-state index >= 15 is 0 Å². The molecule has 0 bridgehead atoms. The molecule has 1 aliphatic rings. The molecule has 6 nitrogen and oxygen atoms in total. The third-order valence-corrected chi connectivity index (χ3v) is 5.10. The van der Waals surface area contributed by atoms with Crippen molar-refractivity contribution >= 4 is 27.9 Å². The van der Waals surface area contributed by atoms with Gasteiger partial charge in [0, 0.05) is 15.7 Å². The van der Waals surface area contributed by atoms with Gasteiger partial charge in [0.2, 0.25) is 0 Å². The molecule has 30 heavy (non-hydrogen) atoms. The molecule has 1 heterocycles. The Bertz CT molecular complexity index is 954. The van der Waals surface area contributed by atoms with Gasteiger partial charge in [-0.1, -0.05) is 60.1 Å². The van der Waals surface area contributed by atoms with Crippen molar-refractivity contribution in [2.45, 2.75) is 33.4 Å². The summed E-state index contributed by atoms with van der Waals surface area (Å²) >= 11 is 3.42. The number of carbonyl (C=O) groups excluding carboxylic acids is 2. The molecule has 0 saturated heterocycles. The summed E-state index contributed by atoms with van der Waals surface area (Å²) in [5, 5.41) is 5.50. The third-order valence-electron chi connectivity index (χ3n) is 4.57. The monoisotopic (exact) mass is 472 g/mol. The highest BCUT2D eigenvalue weighted by molar-refractivity contribution is 9.10. The Hall–Kier alpha value is -2.80. The number of amides is 2. The average molecular weight is 473 g/mol. The van der Waals surface area contributed by atoms with Gasteiger partial charge in [-0.2, -0.15) is 0 Å². The van der Waals surface area contributed by atoms with Crippen LogP contribution in [0.3, 0.4) is 0 Å². The summed E-state index contributed by atoms with van der Waals surface area (Å²) in [6, 6.07) is 14.2. The molecule has 1 aliphatic heterocycles. The van der Waals surface area contributed by atoms with Gasteiger partial charge in [0.15, 0.2) is 0 Å². The molecular formula is C23H25BrN2O4. The number of halogens is 1. The van der Waals surface area contributed by atoms with Crippen LogP contribution >= 0.6 is 15.9 Å². The normalized spacial score (nSPS) is 16.2. The van der Waals surface area contributed by atoms with Crippen LogP contribution in [0.1, 0.15) is 37.9 Å². The van der Waals surface area contributed by atoms with Crippen molar-refractivity contribution in [3.05, 3.63) is 75.4 Å². The maximum absolute atomic E-state index is 12.8. The smallest absolute Gasteiger partial charge is 0.338 e. The minimum atomic E-state index is -0.667. The minimum Gasteiger partial charge on any atom is -0.489 e. The largest absolute Gasteiger partial charge is 0.489 e. The number of urea groups is 1. The molecule has 0 aliphatic carbocycles. The average Bonchev–Trinajstić information content (AvgIpc) is 2.71. The molecule has 0 aromatic heterocycles. The van der Waals surface area contributed by atoms with Gasteiger partial charge in [-0.25, -0.2) is 9.59 Å². The molecule has 0 fully saturated rings. The molecule has 2 aromatic carbocycles. The van der Waals surface area contributed by atoms with Gasteiger partial charge in [0.1, 0.15) is 12.4 Å². The first-order valence-corrected chi connectivity index (χ1v) is 10.6. The summed E-state index contributed by atoms with van der Waals surface area (Å²) in [5.74, 6) is 0.344. The maximum atomic E-state index is 12.8. The zero-order valence-electron chi connectivity index (χ0n) is 17.2. The fraction of sp³-hybridized carbons (Fsp3) is 0.304. The second-order valence-electron chi connectivity index (χ2n) is 7.52. The molecule has 0 radical (unpaired) electrons. The van der Waals surface area contributed by atoms with E-state index in [0.717, 1.165) is 10.0 Å². The molecule has 2 amide bonds. The Labute approximate surface area is 184 Å². The molecule has 1 atom stereocenters. The van der Waals surface area contributed by atoms with Gasteiger partial charge in [-0.15, -0.1) is 0 Å². The van der Waals surface area contributed by atoms with Crippen LogP contribution in [0.4, 0.5) is 4.79 Å². The van der Waals surface area contributed by atoms with Crippen molar-refractivity contribution in [1.29, 1.82) is 0 Å². The van der Waals surface area contributed by atoms with E-state index < -0.39 is 12.0 Å². The molecule has 2 N–H and O–H groups in total. The fourth-order valence-corrected chi connectivity index (χ4v) is 3.37. The minimum absolute atomic E-state index is 0.209. The number of esters is 1. The van der Waals surface area contributed by atoms with E-state index in [4.69, 9.17) is 9.47 Å². The topological polar surface area (TPSA) is 76.7 Å². The van der Waals surface area contributed by atoms with Crippen LogP contribution in [0.5, 0.6) is 5.75 Å². The summed E-state index contributed by atoms with van der Waals surface area (Å²) in [7, 11) is 0. The number of allylic oxidation sites excluding steroid dienone is 1. The predicted octanol–water partition coefficient (Wildman–Crippen LogP) is 4.86. The number of carbonyl (C=O) groups is 2. The number of rotatable bonds is 7. The Morgan fingerprint density at radius 3 is 2.53 bits per heavy atom. The Kier molecular flexibility index (Phi) is 7.15. The fourth-order valence-electron chi connectivity index (χ4n) is 3.11. The Balaban J connectivity index is 1.88. The first-order chi connectivity index (χ1) is 14.3. The van der Waals surface area contributed by atoms with Crippen molar-refractivity contribution in [2.24, 2.45) is 5.92 Å². The standard InChI is InChI=1S/C23H25BrN2O4/c1-14(2)12-30-22(27)20-15(3)25-23(28)26-21(20)18-6-4-5-7-19(18)29-13-16-8-10-17(24)11-9-16/h4-11,14,21H,12-13H2,1-3H3,(H2,25,26,28). The number of ether oxygens (including phenoxy) is 2. The lowest BCUT2D eigenvalue weighted by molar-refractivity contribution is -0.140. The SMILES string of the molecule is CC1=C(C(=O)OCC(C)C)C(c2ccccc2OCc2ccc(Br)cc2)NC(=O)N1.